The predicted octanol–water partition coefficient (Wildman–Crippen LogP) is 6.48. The molecule has 0 radical (unpaired) electrons. The van der Waals surface area contributed by atoms with Gasteiger partial charge >= 0.3 is 0 Å². The van der Waals surface area contributed by atoms with E-state index in [9.17, 15) is 18.1 Å². The van der Waals surface area contributed by atoms with E-state index in [2.05, 4.69) is 10.2 Å². The Bertz CT molecular complexity index is 1410. The zero-order chi connectivity index (χ0) is 21.5. The minimum atomic E-state index is -4.38. The van der Waals surface area contributed by atoms with Crippen molar-refractivity contribution in [2.75, 3.05) is 0 Å². The fourth-order valence-corrected chi connectivity index (χ4v) is 4.25. The molecule has 0 aliphatic carbocycles. The first-order valence-electron chi connectivity index (χ1n) is 9.43. The van der Waals surface area contributed by atoms with Gasteiger partial charge in [-0.05, 0) is 35.1 Å². The first-order valence-corrected chi connectivity index (χ1v) is 10.9. The first kappa shape index (κ1) is 20.0. The molecule has 152 valence electrons. The standard InChI is InChI=1S/C23H20N2O4S/c1-14(2)19-13-15-7-3-4-8-16(15)22(23(19)26)25-24-20-11-12-21(30(27,28)29)18-10-6-5-9-17(18)20/h3-14,26H,1-2H3,(H,27,28,29). The van der Waals surface area contributed by atoms with Gasteiger partial charge in [0.1, 0.15) is 16.3 Å². The Labute approximate surface area is 174 Å². The van der Waals surface area contributed by atoms with E-state index in [0.29, 0.717) is 22.1 Å². The number of phenolic OH excluding ortho intramolecular Hbond substituents is 1. The fraction of sp³-hybridized carbons (Fsp3) is 0.130. The Hall–Kier alpha value is -3.29. The molecule has 0 unspecified atom stereocenters. The van der Waals surface area contributed by atoms with Crippen LogP contribution in [0.3, 0.4) is 0 Å². The number of nitrogens with zero attached hydrogens (tertiary/aromatic N) is 2. The van der Waals surface area contributed by atoms with E-state index in [1.54, 1.807) is 24.3 Å². The van der Waals surface area contributed by atoms with Gasteiger partial charge in [-0.1, -0.05) is 62.4 Å². The van der Waals surface area contributed by atoms with Crippen LogP contribution in [0.1, 0.15) is 25.3 Å². The third-order valence-electron chi connectivity index (χ3n) is 5.04. The first-order chi connectivity index (χ1) is 14.3. The van der Waals surface area contributed by atoms with E-state index >= 15 is 0 Å². The van der Waals surface area contributed by atoms with Gasteiger partial charge in [-0.2, -0.15) is 8.42 Å². The van der Waals surface area contributed by atoms with Gasteiger partial charge < -0.3 is 5.11 Å². The van der Waals surface area contributed by atoms with Crippen molar-refractivity contribution < 1.29 is 18.1 Å². The van der Waals surface area contributed by atoms with Crippen molar-refractivity contribution in [2.24, 2.45) is 10.2 Å². The van der Waals surface area contributed by atoms with Crippen LogP contribution < -0.4 is 0 Å². The smallest absolute Gasteiger partial charge is 0.295 e. The molecule has 2 N–H and O–H groups in total. The highest BCUT2D eigenvalue weighted by atomic mass is 32.2. The quantitative estimate of drug-likeness (QED) is 0.291. The van der Waals surface area contributed by atoms with Crippen molar-refractivity contribution in [3.8, 4) is 5.75 Å². The summed E-state index contributed by atoms with van der Waals surface area (Å²) in [5, 5.41) is 22.1. The van der Waals surface area contributed by atoms with Crippen LogP contribution >= 0.6 is 0 Å². The lowest BCUT2D eigenvalue weighted by Gasteiger charge is -2.13. The van der Waals surface area contributed by atoms with Gasteiger partial charge in [0.25, 0.3) is 10.1 Å². The SMILES string of the molecule is CC(C)c1cc2ccccc2c(N=Nc2ccc(S(=O)(=O)O)c3ccccc23)c1O. The number of aromatic hydroxyl groups is 1. The zero-order valence-corrected chi connectivity index (χ0v) is 17.3. The maximum Gasteiger partial charge on any atom is 0.295 e. The molecule has 0 bridgehead atoms. The number of azo groups is 1. The van der Waals surface area contributed by atoms with Gasteiger partial charge in [0.05, 0.1) is 5.69 Å². The van der Waals surface area contributed by atoms with Crippen molar-refractivity contribution in [3.05, 3.63) is 72.3 Å². The molecule has 4 rings (SSSR count). The summed E-state index contributed by atoms with van der Waals surface area (Å²) in [7, 11) is -4.38. The summed E-state index contributed by atoms with van der Waals surface area (Å²) in [6.07, 6.45) is 0. The molecule has 0 aliphatic heterocycles. The van der Waals surface area contributed by atoms with E-state index in [-0.39, 0.29) is 16.6 Å². The van der Waals surface area contributed by atoms with Crippen LogP contribution in [0.15, 0.2) is 81.9 Å². The summed E-state index contributed by atoms with van der Waals surface area (Å²) < 4.78 is 32.9. The summed E-state index contributed by atoms with van der Waals surface area (Å²) >= 11 is 0. The molecule has 0 saturated heterocycles. The molecular formula is C23H20N2O4S. The van der Waals surface area contributed by atoms with Crippen molar-refractivity contribution in [3.63, 3.8) is 0 Å². The highest BCUT2D eigenvalue weighted by Gasteiger charge is 2.17. The number of rotatable bonds is 4. The average Bonchev–Trinajstić information content (AvgIpc) is 2.71. The van der Waals surface area contributed by atoms with Crippen LogP contribution in [0.4, 0.5) is 11.4 Å². The number of benzene rings is 4. The number of phenols is 1. The number of hydrogen-bond acceptors (Lipinski definition) is 5. The van der Waals surface area contributed by atoms with E-state index in [0.717, 1.165) is 16.3 Å². The number of hydrogen-bond donors (Lipinski definition) is 2. The Kier molecular flexibility index (Phi) is 5.01. The van der Waals surface area contributed by atoms with E-state index in [1.807, 2.05) is 44.2 Å². The molecule has 0 aliphatic rings. The Morgan fingerprint density at radius 2 is 1.47 bits per heavy atom. The second-order valence-electron chi connectivity index (χ2n) is 7.34. The largest absolute Gasteiger partial charge is 0.505 e. The molecular weight excluding hydrogens is 400 g/mol. The molecule has 0 heterocycles. The molecule has 0 fully saturated rings. The molecule has 0 amide bonds. The van der Waals surface area contributed by atoms with Crippen molar-refractivity contribution in [1.29, 1.82) is 0 Å². The van der Waals surface area contributed by atoms with Crippen LogP contribution in [-0.4, -0.2) is 18.1 Å². The second kappa shape index (κ2) is 7.51. The molecule has 4 aromatic rings. The number of fused-ring (bicyclic) bond motifs is 2. The molecule has 0 aromatic heterocycles. The van der Waals surface area contributed by atoms with Crippen LogP contribution in [0.25, 0.3) is 21.5 Å². The maximum atomic E-state index is 11.7. The molecule has 7 heteroatoms. The second-order valence-corrected chi connectivity index (χ2v) is 8.73. The average molecular weight is 420 g/mol. The Balaban J connectivity index is 1.93. The van der Waals surface area contributed by atoms with Crippen LogP contribution in [0, 0.1) is 0 Å². The van der Waals surface area contributed by atoms with Crippen LogP contribution in [-0.2, 0) is 10.1 Å². The van der Waals surface area contributed by atoms with E-state index < -0.39 is 10.1 Å². The highest BCUT2D eigenvalue weighted by molar-refractivity contribution is 7.86. The van der Waals surface area contributed by atoms with Gasteiger partial charge in [0, 0.05) is 16.2 Å². The fourth-order valence-electron chi connectivity index (χ4n) is 3.55. The Morgan fingerprint density at radius 1 is 0.833 bits per heavy atom. The lowest BCUT2D eigenvalue weighted by Crippen LogP contribution is -1.98. The summed E-state index contributed by atoms with van der Waals surface area (Å²) in [5.74, 6) is 0.171. The Morgan fingerprint density at radius 3 is 2.13 bits per heavy atom. The molecule has 0 atom stereocenters. The highest BCUT2D eigenvalue weighted by Crippen LogP contribution is 2.42. The molecule has 4 aromatic carbocycles. The monoisotopic (exact) mass is 420 g/mol. The summed E-state index contributed by atoms with van der Waals surface area (Å²) in [4.78, 5) is -0.188. The van der Waals surface area contributed by atoms with E-state index in [4.69, 9.17) is 0 Å². The van der Waals surface area contributed by atoms with Gasteiger partial charge in [-0.25, -0.2) is 0 Å². The van der Waals surface area contributed by atoms with Gasteiger partial charge in [0.15, 0.2) is 0 Å². The molecule has 0 saturated carbocycles. The summed E-state index contributed by atoms with van der Waals surface area (Å²) in [6.45, 7) is 3.98. The molecule has 0 spiro atoms. The minimum Gasteiger partial charge on any atom is -0.505 e. The van der Waals surface area contributed by atoms with Crippen molar-refractivity contribution in [1.82, 2.24) is 0 Å². The maximum absolute atomic E-state index is 11.7. The topological polar surface area (TPSA) is 99.3 Å². The lowest BCUT2D eigenvalue weighted by atomic mass is 9.96. The van der Waals surface area contributed by atoms with Gasteiger partial charge in [0.2, 0.25) is 0 Å². The molecule has 30 heavy (non-hydrogen) atoms. The van der Waals surface area contributed by atoms with Crippen LogP contribution in [0.2, 0.25) is 0 Å². The van der Waals surface area contributed by atoms with Crippen LogP contribution in [0.5, 0.6) is 5.75 Å². The lowest BCUT2D eigenvalue weighted by molar-refractivity contribution is 0.467. The zero-order valence-electron chi connectivity index (χ0n) is 16.4. The third-order valence-corrected chi connectivity index (χ3v) is 5.96. The predicted molar refractivity (Wildman–Crippen MR) is 118 cm³/mol. The summed E-state index contributed by atoms with van der Waals surface area (Å²) in [5.41, 5.74) is 1.56. The van der Waals surface area contributed by atoms with E-state index in [1.165, 1.54) is 12.1 Å². The minimum absolute atomic E-state index is 0.0753. The normalized spacial score (nSPS) is 12.4. The summed E-state index contributed by atoms with van der Waals surface area (Å²) in [6, 6.07) is 19.1. The van der Waals surface area contributed by atoms with Gasteiger partial charge in [-0.15, -0.1) is 10.2 Å². The van der Waals surface area contributed by atoms with Crippen molar-refractivity contribution >= 4 is 43.0 Å². The molecule has 6 nitrogen and oxygen atoms in total. The third kappa shape index (κ3) is 3.53. The van der Waals surface area contributed by atoms with Gasteiger partial charge in [-0.3, -0.25) is 4.55 Å². The van der Waals surface area contributed by atoms with Crippen molar-refractivity contribution in [2.45, 2.75) is 24.7 Å².